The van der Waals surface area contributed by atoms with Crippen LogP contribution in [0.1, 0.15) is 52.9 Å². The molecule has 1 nitrogen and oxygen atoms in total. The van der Waals surface area contributed by atoms with Gasteiger partial charge in [0, 0.05) is 5.54 Å². The molecule has 2 unspecified atom stereocenters. The Kier molecular flexibility index (Phi) is 4.27. The van der Waals surface area contributed by atoms with E-state index >= 15 is 0 Å². The molecule has 0 aromatic carbocycles. The van der Waals surface area contributed by atoms with Gasteiger partial charge >= 0.3 is 6.18 Å². The Balaban J connectivity index is 2.84. The first-order valence-corrected chi connectivity index (χ1v) is 6.18. The van der Waals surface area contributed by atoms with E-state index in [2.05, 4.69) is 0 Å². The Bertz CT molecular complexity index is 227. The number of nitrogens with zero attached hydrogens (tertiary/aromatic N) is 1. The lowest BCUT2D eigenvalue weighted by molar-refractivity contribution is -0.189. The number of alkyl halides is 3. The molecule has 1 fully saturated rings. The van der Waals surface area contributed by atoms with Crippen LogP contribution in [0, 0.1) is 0 Å². The molecular formula is C12H22F3N. The van der Waals surface area contributed by atoms with Crippen molar-refractivity contribution in [1.82, 2.24) is 4.90 Å². The van der Waals surface area contributed by atoms with Crippen molar-refractivity contribution in [3.05, 3.63) is 0 Å². The van der Waals surface area contributed by atoms with Gasteiger partial charge in [-0.3, -0.25) is 4.90 Å². The molecule has 1 heterocycles. The Morgan fingerprint density at radius 2 is 1.88 bits per heavy atom. The third-order valence-electron chi connectivity index (χ3n) is 3.87. The smallest absolute Gasteiger partial charge is 0.287 e. The van der Waals surface area contributed by atoms with Crippen LogP contribution in [0.4, 0.5) is 13.2 Å². The van der Waals surface area contributed by atoms with Crippen molar-refractivity contribution in [3.8, 4) is 0 Å². The van der Waals surface area contributed by atoms with Gasteiger partial charge in [0.25, 0.3) is 0 Å². The summed E-state index contributed by atoms with van der Waals surface area (Å²) in [5.41, 5.74) is -0.286. The first-order chi connectivity index (χ1) is 7.35. The second-order valence-electron chi connectivity index (χ2n) is 4.99. The maximum absolute atomic E-state index is 12.9. The molecule has 0 saturated carbocycles. The van der Waals surface area contributed by atoms with Crippen LogP contribution in [0.3, 0.4) is 0 Å². The van der Waals surface area contributed by atoms with Crippen molar-refractivity contribution >= 4 is 0 Å². The molecule has 1 rings (SSSR count). The van der Waals surface area contributed by atoms with Gasteiger partial charge in [-0.05, 0) is 39.2 Å². The lowest BCUT2D eigenvalue weighted by Gasteiger charge is -2.42. The van der Waals surface area contributed by atoms with E-state index < -0.39 is 12.2 Å². The number of hydrogen-bond donors (Lipinski definition) is 0. The zero-order valence-corrected chi connectivity index (χ0v) is 10.4. The summed E-state index contributed by atoms with van der Waals surface area (Å²) in [6, 6.07) is -1.22. The van der Waals surface area contributed by atoms with Gasteiger partial charge in [-0.1, -0.05) is 20.3 Å². The molecule has 4 heteroatoms. The first kappa shape index (κ1) is 13.8. The molecular weight excluding hydrogens is 215 g/mol. The molecule has 0 radical (unpaired) electrons. The topological polar surface area (TPSA) is 3.24 Å². The zero-order chi connectivity index (χ0) is 12.4. The third kappa shape index (κ3) is 2.70. The van der Waals surface area contributed by atoms with E-state index in [1.807, 2.05) is 20.8 Å². The zero-order valence-electron chi connectivity index (χ0n) is 10.4. The normalized spacial score (nSPS) is 27.0. The van der Waals surface area contributed by atoms with E-state index in [4.69, 9.17) is 0 Å². The van der Waals surface area contributed by atoms with Crippen molar-refractivity contribution in [2.45, 2.75) is 70.6 Å². The van der Waals surface area contributed by atoms with Crippen LogP contribution in [-0.2, 0) is 0 Å². The minimum Gasteiger partial charge on any atom is -0.287 e. The molecule has 0 aromatic heterocycles. The quantitative estimate of drug-likeness (QED) is 0.714. The monoisotopic (exact) mass is 237 g/mol. The van der Waals surface area contributed by atoms with Crippen LogP contribution in [0.15, 0.2) is 0 Å². The first-order valence-electron chi connectivity index (χ1n) is 6.18. The largest absolute Gasteiger partial charge is 0.404 e. The fourth-order valence-electron chi connectivity index (χ4n) is 2.82. The second kappa shape index (κ2) is 4.94. The Labute approximate surface area is 96.0 Å². The molecule has 96 valence electrons. The van der Waals surface area contributed by atoms with Gasteiger partial charge in [0.05, 0.1) is 0 Å². The van der Waals surface area contributed by atoms with E-state index in [0.29, 0.717) is 13.0 Å². The molecule has 0 spiro atoms. The van der Waals surface area contributed by atoms with Crippen LogP contribution in [0.2, 0.25) is 0 Å². The lowest BCUT2D eigenvalue weighted by Crippen LogP contribution is -2.53. The summed E-state index contributed by atoms with van der Waals surface area (Å²) in [6.07, 6.45) is -0.568. The standard InChI is InChI=1S/C12H22F3N/c1-4-8-11(3,5-2)16-9-6-7-10(16)12(13,14)15/h10H,4-9H2,1-3H3. The van der Waals surface area contributed by atoms with Crippen molar-refractivity contribution in [2.24, 2.45) is 0 Å². The van der Waals surface area contributed by atoms with Gasteiger partial charge < -0.3 is 0 Å². The molecule has 1 saturated heterocycles. The predicted molar refractivity (Wildman–Crippen MR) is 59.4 cm³/mol. The highest BCUT2D eigenvalue weighted by atomic mass is 19.4. The summed E-state index contributed by atoms with van der Waals surface area (Å²) in [7, 11) is 0. The molecule has 0 amide bonds. The van der Waals surface area contributed by atoms with Gasteiger partial charge in [0.15, 0.2) is 0 Å². The van der Waals surface area contributed by atoms with Crippen LogP contribution in [0.25, 0.3) is 0 Å². The highest BCUT2D eigenvalue weighted by molar-refractivity contribution is 4.95. The van der Waals surface area contributed by atoms with E-state index in [-0.39, 0.29) is 12.0 Å². The van der Waals surface area contributed by atoms with Crippen LogP contribution >= 0.6 is 0 Å². The van der Waals surface area contributed by atoms with E-state index in [1.54, 1.807) is 4.90 Å². The van der Waals surface area contributed by atoms with E-state index in [1.165, 1.54) is 0 Å². The van der Waals surface area contributed by atoms with Crippen molar-refractivity contribution in [3.63, 3.8) is 0 Å². The van der Waals surface area contributed by atoms with E-state index in [9.17, 15) is 13.2 Å². The van der Waals surface area contributed by atoms with Gasteiger partial charge in [0.2, 0.25) is 0 Å². The second-order valence-corrected chi connectivity index (χ2v) is 4.99. The molecule has 1 aliphatic rings. The van der Waals surface area contributed by atoms with Gasteiger partial charge in [-0.25, -0.2) is 0 Å². The van der Waals surface area contributed by atoms with Crippen LogP contribution in [-0.4, -0.2) is 29.2 Å². The third-order valence-corrected chi connectivity index (χ3v) is 3.87. The summed E-state index contributed by atoms with van der Waals surface area (Å²) in [4.78, 5) is 1.69. The predicted octanol–water partition coefficient (Wildman–Crippen LogP) is 3.98. The maximum atomic E-state index is 12.9. The SMILES string of the molecule is CCCC(C)(CC)N1CCCC1C(F)(F)F. The molecule has 0 N–H and O–H groups in total. The van der Waals surface area contributed by atoms with E-state index in [0.717, 1.165) is 19.3 Å². The average Bonchev–Trinajstić information content (AvgIpc) is 2.66. The highest BCUT2D eigenvalue weighted by Gasteiger charge is 2.50. The van der Waals surface area contributed by atoms with Crippen LogP contribution in [0.5, 0.6) is 0 Å². The molecule has 0 aliphatic carbocycles. The number of halogens is 3. The number of likely N-dealkylation sites (tertiary alicyclic amines) is 1. The fourth-order valence-corrected chi connectivity index (χ4v) is 2.82. The van der Waals surface area contributed by atoms with Gasteiger partial charge in [-0.2, -0.15) is 13.2 Å². The fraction of sp³-hybridized carbons (Fsp3) is 1.00. The minimum atomic E-state index is -4.07. The molecule has 0 bridgehead atoms. The maximum Gasteiger partial charge on any atom is 0.404 e. The highest BCUT2D eigenvalue weighted by Crippen LogP contribution is 2.39. The number of hydrogen-bond acceptors (Lipinski definition) is 1. The Morgan fingerprint density at radius 1 is 1.25 bits per heavy atom. The molecule has 1 aliphatic heterocycles. The van der Waals surface area contributed by atoms with Crippen molar-refractivity contribution < 1.29 is 13.2 Å². The summed E-state index contributed by atoms with van der Waals surface area (Å²) >= 11 is 0. The van der Waals surface area contributed by atoms with Crippen molar-refractivity contribution in [2.75, 3.05) is 6.54 Å². The van der Waals surface area contributed by atoms with Crippen LogP contribution < -0.4 is 0 Å². The lowest BCUT2D eigenvalue weighted by atomic mass is 9.90. The summed E-state index contributed by atoms with van der Waals surface area (Å²) < 4.78 is 38.6. The average molecular weight is 237 g/mol. The molecule has 0 aromatic rings. The Hall–Kier alpha value is -0.250. The molecule has 2 atom stereocenters. The Morgan fingerprint density at radius 3 is 2.31 bits per heavy atom. The van der Waals surface area contributed by atoms with Gasteiger partial charge in [-0.15, -0.1) is 0 Å². The van der Waals surface area contributed by atoms with Gasteiger partial charge in [0.1, 0.15) is 6.04 Å². The summed E-state index contributed by atoms with van der Waals surface area (Å²) in [5.74, 6) is 0. The minimum absolute atomic E-state index is 0.267. The van der Waals surface area contributed by atoms with Crippen molar-refractivity contribution in [1.29, 1.82) is 0 Å². The summed E-state index contributed by atoms with van der Waals surface area (Å²) in [5, 5.41) is 0. The number of rotatable bonds is 4. The molecule has 16 heavy (non-hydrogen) atoms. The summed E-state index contributed by atoms with van der Waals surface area (Å²) in [6.45, 7) is 6.59.